The first kappa shape index (κ1) is 24.4. The molecule has 0 aliphatic heterocycles. The first-order valence-corrected chi connectivity index (χ1v) is 13.8. The summed E-state index contributed by atoms with van der Waals surface area (Å²) in [5.74, 6) is 0.369. The predicted octanol–water partition coefficient (Wildman–Crippen LogP) is 5.79. The molecule has 0 fully saturated rings. The Kier molecular flexibility index (Phi) is 6.73. The van der Waals surface area contributed by atoms with Crippen LogP contribution in [0.4, 0.5) is 5.82 Å². The molecule has 6 rings (SSSR count). The minimum Gasteiger partial charge on any atom is -0.365 e. The number of benzene rings is 1. The highest BCUT2D eigenvalue weighted by molar-refractivity contribution is 14.1. The van der Waals surface area contributed by atoms with Gasteiger partial charge in [0.05, 0.1) is 35.7 Å². The molecule has 38 heavy (non-hydrogen) atoms. The number of aromatic nitrogens is 5. The van der Waals surface area contributed by atoms with Gasteiger partial charge in [0.25, 0.3) is 5.91 Å². The van der Waals surface area contributed by atoms with Crippen LogP contribution >= 0.6 is 33.9 Å². The van der Waals surface area contributed by atoms with Gasteiger partial charge in [-0.2, -0.15) is 0 Å². The number of amides is 1. The SMILES string of the molecule is Cn1cnc2cnc3ccc(-c4ccc(CNc5ncccc5C(=O)NCc5cncc(I)c5)s4)cc3c21. The number of imidazole rings is 1. The van der Waals surface area contributed by atoms with Gasteiger partial charge in [0.1, 0.15) is 11.3 Å². The molecule has 0 spiro atoms. The van der Waals surface area contributed by atoms with Crippen LogP contribution in [0, 0.1) is 3.57 Å². The van der Waals surface area contributed by atoms with Crippen LogP contribution in [0.2, 0.25) is 0 Å². The standard InChI is InChI=1S/C28H22IN7OS/c1-36-16-35-24-15-32-23-6-4-18(10-22(23)26(24)36)25-7-5-20(38-25)14-33-27-21(3-2-8-31-27)28(37)34-12-17-9-19(29)13-30-11-17/h2-11,13,15-16H,12,14H2,1H3,(H,31,33)(H,34,37). The second-order valence-corrected chi connectivity index (χ2v) is 11.2. The fourth-order valence-electron chi connectivity index (χ4n) is 4.35. The van der Waals surface area contributed by atoms with E-state index in [-0.39, 0.29) is 5.91 Å². The molecule has 0 bridgehead atoms. The van der Waals surface area contributed by atoms with Crippen LogP contribution in [0.3, 0.4) is 0 Å². The highest BCUT2D eigenvalue weighted by atomic mass is 127. The molecule has 5 aromatic heterocycles. The molecule has 6 aromatic rings. The summed E-state index contributed by atoms with van der Waals surface area (Å²) in [5, 5.41) is 7.39. The van der Waals surface area contributed by atoms with Gasteiger partial charge in [-0.15, -0.1) is 11.3 Å². The fraction of sp³-hybridized carbons (Fsp3) is 0.107. The van der Waals surface area contributed by atoms with Crippen molar-refractivity contribution in [2.24, 2.45) is 7.05 Å². The quantitative estimate of drug-likeness (QED) is 0.217. The van der Waals surface area contributed by atoms with Crippen LogP contribution in [0.1, 0.15) is 20.8 Å². The number of carbonyl (C=O) groups is 1. The third-order valence-electron chi connectivity index (χ3n) is 6.19. The maximum atomic E-state index is 12.9. The lowest BCUT2D eigenvalue weighted by atomic mass is 10.1. The zero-order valence-corrected chi connectivity index (χ0v) is 23.3. The molecule has 0 unspecified atom stereocenters. The molecule has 0 saturated heterocycles. The van der Waals surface area contributed by atoms with E-state index < -0.39 is 0 Å². The van der Waals surface area contributed by atoms with E-state index in [0.717, 1.165) is 46.4 Å². The Balaban J connectivity index is 1.17. The molecule has 2 N–H and O–H groups in total. The number of thiophene rings is 1. The molecule has 1 amide bonds. The third kappa shape index (κ3) is 4.96. The van der Waals surface area contributed by atoms with E-state index in [1.165, 1.54) is 0 Å². The van der Waals surface area contributed by atoms with Crippen LogP contribution in [-0.4, -0.2) is 30.4 Å². The molecule has 5 heterocycles. The zero-order valence-electron chi connectivity index (χ0n) is 20.4. The first-order chi connectivity index (χ1) is 18.5. The Labute approximate surface area is 236 Å². The zero-order chi connectivity index (χ0) is 26.1. The number of nitrogens with zero attached hydrogens (tertiary/aromatic N) is 5. The highest BCUT2D eigenvalue weighted by Crippen LogP contribution is 2.32. The summed E-state index contributed by atoms with van der Waals surface area (Å²) in [6.07, 6.45) is 8.86. The van der Waals surface area contributed by atoms with Crippen molar-refractivity contribution >= 4 is 67.6 Å². The van der Waals surface area contributed by atoms with Gasteiger partial charge in [-0.1, -0.05) is 6.07 Å². The summed E-state index contributed by atoms with van der Waals surface area (Å²) in [5.41, 5.74) is 5.50. The van der Waals surface area contributed by atoms with E-state index in [9.17, 15) is 4.79 Å². The number of carbonyl (C=O) groups excluding carboxylic acids is 1. The number of hydrogen-bond donors (Lipinski definition) is 2. The van der Waals surface area contributed by atoms with Crippen molar-refractivity contribution in [2.75, 3.05) is 5.32 Å². The molecule has 1 aromatic carbocycles. The molecule has 0 atom stereocenters. The van der Waals surface area contributed by atoms with E-state index in [2.05, 4.69) is 83.5 Å². The summed E-state index contributed by atoms with van der Waals surface area (Å²) in [6.45, 7) is 0.960. The maximum absolute atomic E-state index is 12.9. The van der Waals surface area contributed by atoms with Gasteiger partial charge < -0.3 is 15.2 Å². The van der Waals surface area contributed by atoms with Crippen LogP contribution < -0.4 is 10.6 Å². The van der Waals surface area contributed by atoms with Crippen molar-refractivity contribution in [2.45, 2.75) is 13.1 Å². The average molecular weight is 632 g/mol. The molecule has 0 saturated carbocycles. The molecule has 0 radical (unpaired) electrons. The monoisotopic (exact) mass is 631 g/mol. The molecule has 188 valence electrons. The van der Waals surface area contributed by atoms with Gasteiger partial charge in [-0.3, -0.25) is 14.8 Å². The lowest BCUT2D eigenvalue weighted by Crippen LogP contribution is -2.24. The first-order valence-electron chi connectivity index (χ1n) is 11.9. The minimum atomic E-state index is -0.183. The Morgan fingerprint density at radius 2 is 1.92 bits per heavy atom. The number of halogens is 1. The lowest BCUT2D eigenvalue weighted by molar-refractivity contribution is 0.0951. The Morgan fingerprint density at radius 3 is 2.82 bits per heavy atom. The minimum absolute atomic E-state index is 0.183. The summed E-state index contributed by atoms with van der Waals surface area (Å²) >= 11 is 3.92. The fourth-order valence-corrected chi connectivity index (χ4v) is 5.86. The van der Waals surface area contributed by atoms with E-state index in [4.69, 9.17) is 0 Å². The summed E-state index contributed by atoms with van der Waals surface area (Å²) in [6, 6.07) is 16.1. The molecule has 8 nitrogen and oxygen atoms in total. The second kappa shape index (κ2) is 10.5. The number of fused-ring (bicyclic) bond motifs is 3. The smallest absolute Gasteiger partial charge is 0.255 e. The van der Waals surface area contributed by atoms with Crippen molar-refractivity contribution in [3.8, 4) is 10.4 Å². The lowest BCUT2D eigenvalue weighted by Gasteiger charge is -2.11. The maximum Gasteiger partial charge on any atom is 0.255 e. The molecular formula is C28H22IN7OS. The normalized spacial score (nSPS) is 11.2. The third-order valence-corrected chi connectivity index (χ3v) is 7.91. The number of pyridine rings is 3. The molecule has 10 heteroatoms. The molecule has 0 aliphatic rings. The number of rotatable bonds is 7. The Hall–Kier alpha value is -3.90. The Bertz CT molecular complexity index is 1800. The van der Waals surface area contributed by atoms with Crippen LogP contribution in [0.5, 0.6) is 0 Å². The number of aryl methyl sites for hydroxylation is 1. The summed E-state index contributed by atoms with van der Waals surface area (Å²) < 4.78 is 3.06. The van der Waals surface area contributed by atoms with E-state index >= 15 is 0 Å². The van der Waals surface area contributed by atoms with Gasteiger partial charge in [0.15, 0.2) is 0 Å². The number of nitrogens with one attached hydrogen (secondary N) is 2. The highest BCUT2D eigenvalue weighted by Gasteiger charge is 2.14. The van der Waals surface area contributed by atoms with Crippen LogP contribution in [0.25, 0.3) is 32.4 Å². The van der Waals surface area contributed by atoms with E-state index in [0.29, 0.717) is 24.5 Å². The van der Waals surface area contributed by atoms with Crippen LogP contribution in [0.15, 0.2) is 79.6 Å². The van der Waals surface area contributed by atoms with Crippen molar-refractivity contribution in [1.29, 1.82) is 0 Å². The average Bonchev–Trinajstić information content (AvgIpc) is 3.57. The van der Waals surface area contributed by atoms with Crippen molar-refractivity contribution < 1.29 is 4.79 Å². The van der Waals surface area contributed by atoms with Gasteiger partial charge >= 0.3 is 0 Å². The van der Waals surface area contributed by atoms with E-state index in [1.807, 2.05) is 30.2 Å². The predicted molar refractivity (Wildman–Crippen MR) is 159 cm³/mol. The van der Waals surface area contributed by atoms with Gasteiger partial charge in [-0.25, -0.2) is 9.97 Å². The number of hydrogen-bond acceptors (Lipinski definition) is 7. The van der Waals surface area contributed by atoms with Crippen molar-refractivity contribution in [1.82, 2.24) is 29.8 Å². The summed E-state index contributed by atoms with van der Waals surface area (Å²) in [4.78, 5) is 32.8. The summed E-state index contributed by atoms with van der Waals surface area (Å²) in [7, 11) is 2.00. The number of anilines is 1. The van der Waals surface area contributed by atoms with Crippen molar-refractivity contribution in [3.05, 3.63) is 99.2 Å². The molecule has 0 aliphatic carbocycles. The van der Waals surface area contributed by atoms with Gasteiger partial charge in [0, 0.05) is 50.9 Å². The largest absolute Gasteiger partial charge is 0.365 e. The Morgan fingerprint density at radius 1 is 1.00 bits per heavy atom. The molecular weight excluding hydrogens is 609 g/mol. The van der Waals surface area contributed by atoms with E-state index in [1.54, 1.807) is 42.1 Å². The van der Waals surface area contributed by atoms with Crippen LogP contribution in [-0.2, 0) is 20.1 Å². The topological polar surface area (TPSA) is 97.6 Å². The van der Waals surface area contributed by atoms with Gasteiger partial charge in [0.2, 0.25) is 0 Å². The van der Waals surface area contributed by atoms with Crippen molar-refractivity contribution in [3.63, 3.8) is 0 Å². The van der Waals surface area contributed by atoms with Gasteiger partial charge in [-0.05, 0) is 76.2 Å². The second-order valence-electron chi connectivity index (χ2n) is 8.79.